The molecule has 0 saturated carbocycles. The highest BCUT2D eigenvalue weighted by Crippen LogP contribution is 2.36. The van der Waals surface area contributed by atoms with Crippen molar-refractivity contribution in [2.75, 3.05) is 19.4 Å². The zero-order chi connectivity index (χ0) is 11.5. The van der Waals surface area contributed by atoms with Crippen molar-refractivity contribution in [3.8, 4) is 0 Å². The summed E-state index contributed by atoms with van der Waals surface area (Å²) in [6, 6.07) is 0. The second-order valence-corrected chi connectivity index (χ2v) is 6.09. The van der Waals surface area contributed by atoms with Gasteiger partial charge in [-0.2, -0.15) is 5.06 Å². The second-order valence-electron chi connectivity index (χ2n) is 3.54. The van der Waals surface area contributed by atoms with Crippen LogP contribution in [-0.2, 0) is 19.0 Å². The number of hydroxylamine groups is 2. The molecule has 0 aromatic rings. The van der Waals surface area contributed by atoms with Crippen LogP contribution in [0.5, 0.6) is 0 Å². The van der Waals surface area contributed by atoms with Gasteiger partial charge in [0.1, 0.15) is 0 Å². The highest BCUT2D eigenvalue weighted by atomic mass is 31.2. The van der Waals surface area contributed by atoms with Gasteiger partial charge in [0.15, 0.2) is 7.37 Å². The molecule has 0 aromatic carbocycles. The van der Waals surface area contributed by atoms with E-state index in [1.807, 2.05) is 0 Å². The van der Waals surface area contributed by atoms with Gasteiger partial charge < -0.3 is 4.89 Å². The summed E-state index contributed by atoms with van der Waals surface area (Å²) in [7, 11) is -3.07. The first-order chi connectivity index (χ1) is 6.90. The Labute approximate surface area is 87.6 Å². The Balaban J connectivity index is 2.30. The van der Waals surface area contributed by atoms with Crippen LogP contribution in [0.1, 0.15) is 19.3 Å². The highest BCUT2D eigenvalue weighted by Gasteiger charge is 2.27. The first-order valence-electron chi connectivity index (χ1n) is 4.68. The Hall–Kier alpha value is -0.710. The third kappa shape index (κ3) is 4.11. The molecular weight excluding hydrogens is 221 g/mol. The molecular formula is C8H14NO5P. The number of amides is 2. The molecule has 0 spiro atoms. The van der Waals surface area contributed by atoms with Crippen LogP contribution in [0.4, 0.5) is 0 Å². The minimum absolute atomic E-state index is 0.0597. The molecule has 0 aliphatic carbocycles. The van der Waals surface area contributed by atoms with Crippen molar-refractivity contribution in [3.63, 3.8) is 0 Å². The molecule has 1 unspecified atom stereocenters. The largest absolute Gasteiger partial charge is 0.344 e. The monoisotopic (exact) mass is 235 g/mol. The summed E-state index contributed by atoms with van der Waals surface area (Å²) >= 11 is 0. The molecule has 1 aliphatic rings. The topological polar surface area (TPSA) is 83.9 Å². The summed E-state index contributed by atoms with van der Waals surface area (Å²) in [4.78, 5) is 36.2. The van der Waals surface area contributed by atoms with Gasteiger partial charge in [0, 0.05) is 19.2 Å². The van der Waals surface area contributed by atoms with Crippen molar-refractivity contribution in [2.45, 2.75) is 19.3 Å². The lowest BCUT2D eigenvalue weighted by atomic mass is 10.3. The van der Waals surface area contributed by atoms with E-state index in [1.54, 1.807) is 0 Å². The minimum atomic E-state index is -3.07. The van der Waals surface area contributed by atoms with Crippen molar-refractivity contribution in [1.82, 2.24) is 5.06 Å². The number of carbonyl (C=O) groups is 2. The number of rotatable bonds is 4. The summed E-state index contributed by atoms with van der Waals surface area (Å²) in [6.07, 6.45) is 0.652. The lowest BCUT2D eigenvalue weighted by molar-refractivity contribution is -0.178. The molecule has 7 heteroatoms. The van der Waals surface area contributed by atoms with Crippen molar-refractivity contribution >= 4 is 19.2 Å². The van der Waals surface area contributed by atoms with E-state index in [0.717, 1.165) is 5.06 Å². The van der Waals surface area contributed by atoms with Crippen LogP contribution in [0, 0.1) is 0 Å². The standard InChI is InChI=1S/C8H14NO5P/c1-15(12,13)6-2-3-7(10)9-8(11)4-5-14-9/h2-6H2,1H3,(H,12,13). The van der Waals surface area contributed by atoms with E-state index in [0.29, 0.717) is 0 Å². The summed E-state index contributed by atoms with van der Waals surface area (Å²) in [6.45, 7) is 1.48. The van der Waals surface area contributed by atoms with Gasteiger partial charge in [-0.1, -0.05) is 0 Å². The summed E-state index contributed by atoms with van der Waals surface area (Å²) in [5, 5.41) is 0.748. The van der Waals surface area contributed by atoms with Crippen LogP contribution in [0.15, 0.2) is 0 Å². The fourth-order valence-corrected chi connectivity index (χ4v) is 1.98. The second kappa shape index (κ2) is 4.88. The van der Waals surface area contributed by atoms with E-state index in [2.05, 4.69) is 0 Å². The molecule has 6 nitrogen and oxygen atoms in total. The first-order valence-corrected chi connectivity index (χ1v) is 6.97. The molecule has 1 saturated heterocycles. The zero-order valence-electron chi connectivity index (χ0n) is 8.51. The molecule has 86 valence electrons. The van der Waals surface area contributed by atoms with Crippen LogP contribution in [-0.4, -0.2) is 41.2 Å². The Bertz CT molecular complexity index is 310. The quantitative estimate of drug-likeness (QED) is 0.711. The summed E-state index contributed by atoms with van der Waals surface area (Å²) in [5.74, 6) is -0.783. The third-order valence-electron chi connectivity index (χ3n) is 1.95. The molecule has 0 aromatic heterocycles. The smallest absolute Gasteiger partial charge is 0.255 e. The number of imide groups is 1. The van der Waals surface area contributed by atoms with Gasteiger partial charge in [0.2, 0.25) is 0 Å². The lowest BCUT2D eigenvalue weighted by Crippen LogP contribution is -2.30. The number of hydrogen-bond donors (Lipinski definition) is 1. The molecule has 1 rings (SSSR count). The van der Waals surface area contributed by atoms with Crippen molar-refractivity contribution in [3.05, 3.63) is 0 Å². The van der Waals surface area contributed by atoms with Crippen LogP contribution < -0.4 is 0 Å². The van der Waals surface area contributed by atoms with Crippen LogP contribution in [0.25, 0.3) is 0 Å². The van der Waals surface area contributed by atoms with Crippen molar-refractivity contribution < 1.29 is 23.9 Å². The predicted octanol–water partition coefficient (Wildman–Crippen LogP) is 0.357. The maximum Gasteiger partial charge on any atom is 0.255 e. The van der Waals surface area contributed by atoms with E-state index in [-0.39, 0.29) is 37.9 Å². The van der Waals surface area contributed by atoms with Crippen LogP contribution >= 0.6 is 7.37 Å². The van der Waals surface area contributed by atoms with Gasteiger partial charge >= 0.3 is 0 Å². The molecule has 0 radical (unpaired) electrons. The predicted molar refractivity (Wildman–Crippen MR) is 52.3 cm³/mol. The third-order valence-corrected chi connectivity index (χ3v) is 3.10. The van der Waals surface area contributed by atoms with Gasteiger partial charge in [-0.05, 0) is 6.42 Å². The number of hydrogen-bond acceptors (Lipinski definition) is 4. The summed E-state index contributed by atoms with van der Waals surface area (Å²) in [5.41, 5.74) is 0. The van der Waals surface area contributed by atoms with Crippen LogP contribution in [0.3, 0.4) is 0 Å². The molecule has 1 aliphatic heterocycles. The Kier molecular flexibility index (Phi) is 4.02. The molecule has 2 amide bonds. The summed E-state index contributed by atoms with van der Waals surface area (Å²) < 4.78 is 10.9. The minimum Gasteiger partial charge on any atom is -0.344 e. The number of carbonyl (C=O) groups excluding carboxylic acids is 2. The molecule has 1 heterocycles. The molecule has 1 N–H and O–H groups in total. The maximum atomic E-state index is 11.4. The van der Waals surface area contributed by atoms with Gasteiger partial charge in [-0.3, -0.25) is 19.0 Å². The average Bonchev–Trinajstić information content (AvgIpc) is 2.48. The van der Waals surface area contributed by atoms with E-state index in [9.17, 15) is 14.2 Å². The molecule has 1 atom stereocenters. The molecule has 1 fully saturated rings. The van der Waals surface area contributed by atoms with Gasteiger partial charge in [-0.15, -0.1) is 0 Å². The lowest BCUT2D eigenvalue weighted by Gasteiger charge is -2.11. The normalized spacial score (nSPS) is 20.4. The average molecular weight is 235 g/mol. The fourth-order valence-electron chi connectivity index (χ4n) is 1.23. The van der Waals surface area contributed by atoms with Crippen molar-refractivity contribution in [2.24, 2.45) is 0 Å². The van der Waals surface area contributed by atoms with E-state index >= 15 is 0 Å². The van der Waals surface area contributed by atoms with Gasteiger partial charge in [0.25, 0.3) is 11.8 Å². The Morgan fingerprint density at radius 1 is 1.67 bits per heavy atom. The van der Waals surface area contributed by atoms with E-state index < -0.39 is 13.3 Å². The van der Waals surface area contributed by atoms with E-state index in [1.165, 1.54) is 6.66 Å². The Morgan fingerprint density at radius 2 is 2.33 bits per heavy atom. The SMILES string of the molecule is CP(=O)(O)CCCC(=O)N1OCCC1=O. The molecule has 15 heavy (non-hydrogen) atoms. The molecule has 0 bridgehead atoms. The van der Waals surface area contributed by atoms with Gasteiger partial charge in [-0.25, -0.2) is 0 Å². The van der Waals surface area contributed by atoms with E-state index in [4.69, 9.17) is 9.73 Å². The highest BCUT2D eigenvalue weighted by molar-refractivity contribution is 7.57. The van der Waals surface area contributed by atoms with Crippen LogP contribution in [0.2, 0.25) is 0 Å². The fraction of sp³-hybridized carbons (Fsp3) is 0.750. The van der Waals surface area contributed by atoms with Gasteiger partial charge in [0.05, 0.1) is 13.0 Å². The zero-order valence-corrected chi connectivity index (χ0v) is 9.40. The first kappa shape index (κ1) is 12.4. The maximum absolute atomic E-state index is 11.4. The Morgan fingerprint density at radius 3 is 2.80 bits per heavy atom. The number of nitrogens with zero attached hydrogens (tertiary/aromatic N) is 1. The van der Waals surface area contributed by atoms with Crippen molar-refractivity contribution in [1.29, 1.82) is 0 Å².